The minimum atomic E-state index is -0.528. The number of rotatable bonds is 10. The Hall–Kier alpha value is -2.80. The van der Waals surface area contributed by atoms with Crippen molar-refractivity contribution < 1.29 is 14.3 Å². The van der Waals surface area contributed by atoms with Crippen LogP contribution in [0.1, 0.15) is 45.6 Å². The number of amides is 1. The molecule has 6 nitrogen and oxygen atoms in total. The number of imidazole rings is 1. The summed E-state index contributed by atoms with van der Waals surface area (Å²) in [6, 6.07) is 18.2. The average Bonchev–Trinajstić information content (AvgIpc) is 3.56. The molecule has 3 aromatic rings. The van der Waals surface area contributed by atoms with Gasteiger partial charge in [-0.05, 0) is 57.7 Å². The quantitative estimate of drug-likeness (QED) is 0.230. The van der Waals surface area contributed by atoms with Gasteiger partial charge in [0.1, 0.15) is 12.1 Å². The van der Waals surface area contributed by atoms with E-state index in [4.69, 9.17) is 9.72 Å². The maximum Gasteiger partial charge on any atom is 0.326 e. The number of hydrogen-bond donors (Lipinski definition) is 0. The van der Waals surface area contributed by atoms with E-state index in [9.17, 15) is 9.59 Å². The maximum absolute atomic E-state index is 12.9. The number of carbonyl (C=O) groups is 2. The van der Waals surface area contributed by atoms with Gasteiger partial charge in [-0.1, -0.05) is 54.2 Å². The molecule has 1 aliphatic rings. The minimum absolute atomic E-state index is 0.129. The molecule has 0 N–H and O–H groups in total. The normalized spacial score (nSPS) is 13.7. The highest BCUT2D eigenvalue weighted by atomic mass is 32.2. The van der Waals surface area contributed by atoms with E-state index >= 15 is 0 Å². The molecule has 0 radical (unpaired) electrons. The smallest absolute Gasteiger partial charge is 0.326 e. The van der Waals surface area contributed by atoms with Crippen LogP contribution in [-0.2, 0) is 27.3 Å². The van der Waals surface area contributed by atoms with E-state index in [0.717, 1.165) is 53.3 Å². The number of hydrogen-bond acceptors (Lipinski definition) is 5. The summed E-state index contributed by atoms with van der Waals surface area (Å²) >= 11 is 1.63. The molecule has 1 saturated carbocycles. The minimum Gasteiger partial charge on any atom is -0.459 e. The molecule has 34 heavy (non-hydrogen) atoms. The number of nitrogens with zero attached hydrogens (tertiary/aromatic N) is 3. The molecule has 180 valence electrons. The first-order valence-electron chi connectivity index (χ1n) is 11.9. The number of thioether (sulfide) groups is 1. The van der Waals surface area contributed by atoms with Crippen molar-refractivity contribution in [1.29, 1.82) is 0 Å². The van der Waals surface area contributed by atoms with Crippen LogP contribution in [0.5, 0.6) is 0 Å². The summed E-state index contributed by atoms with van der Waals surface area (Å²) in [7, 11) is 0. The Bertz CT molecular complexity index is 1130. The fourth-order valence-electron chi connectivity index (χ4n) is 3.99. The molecule has 1 aromatic heterocycles. The SMILES string of the molecule is CC(C)(C)OC(=O)Cn1c(SCCCN(C(=O)Cc2ccccc2)C2CC2)nc2ccccc21. The average molecular weight is 480 g/mol. The summed E-state index contributed by atoms with van der Waals surface area (Å²) < 4.78 is 7.48. The van der Waals surface area contributed by atoms with Gasteiger partial charge in [0.2, 0.25) is 5.91 Å². The second-order valence-electron chi connectivity index (χ2n) is 9.74. The van der Waals surface area contributed by atoms with Gasteiger partial charge in [-0.25, -0.2) is 4.98 Å². The van der Waals surface area contributed by atoms with E-state index in [-0.39, 0.29) is 18.4 Å². The van der Waals surface area contributed by atoms with Gasteiger partial charge in [-0.15, -0.1) is 0 Å². The molecule has 2 aromatic carbocycles. The summed E-state index contributed by atoms with van der Waals surface area (Å²) in [5, 5.41) is 0.806. The summed E-state index contributed by atoms with van der Waals surface area (Å²) in [6.45, 7) is 6.49. The van der Waals surface area contributed by atoms with Crippen molar-refractivity contribution in [2.24, 2.45) is 0 Å². The number of carbonyl (C=O) groups excluding carboxylic acids is 2. The Morgan fingerprint density at radius 1 is 1.09 bits per heavy atom. The van der Waals surface area contributed by atoms with Crippen LogP contribution in [0.4, 0.5) is 0 Å². The van der Waals surface area contributed by atoms with Crippen LogP contribution >= 0.6 is 11.8 Å². The third kappa shape index (κ3) is 6.63. The number of fused-ring (bicyclic) bond motifs is 1. The molecular formula is C27H33N3O3S. The highest BCUT2D eigenvalue weighted by Crippen LogP contribution is 2.29. The summed E-state index contributed by atoms with van der Waals surface area (Å²) in [6.07, 6.45) is 3.52. The number of para-hydroxylation sites is 2. The zero-order valence-electron chi connectivity index (χ0n) is 20.2. The van der Waals surface area contributed by atoms with Crippen molar-refractivity contribution in [2.45, 2.75) is 69.8 Å². The molecule has 0 spiro atoms. The van der Waals surface area contributed by atoms with Gasteiger partial charge in [0, 0.05) is 18.3 Å². The second kappa shape index (κ2) is 10.6. The lowest BCUT2D eigenvalue weighted by molar-refractivity contribution is -0.155. The molecule has 1 heterocycles. The van der Waals surface area contributed by atoms with Crippen LogP contribution in [0, 0.1) is 0 Å². The molecule has 1 fully saturated rings. The third-order valence-electron chi connectivity index (χ3n) is 5.61. The molecule has 0 aliphatic heterocycles. The molecule has 1 aliphatic carbocycles. The predicted molar refractivity (Wildman–Crippen MR) is 136 cm³/mol. The lowest BCUT2D eigenvalue weighted by atomic mass is 10.1. The fourth-order valence-corrected chi connectivity index (χ4v) is 4.92. The number of benzene rings is 2. The zero-order chi connectivity index (χ0) is 24.1. The molecule has 0 unspecified atom stereocenters. The van der Waals surface area contributed by atoms with Crippen molar-refractivity contribution in [3.63, 3.8) is 0 Å². The van der Waals surface area contributed by atoms with Gasteiger partial charge in [0.15, 0.2) is 5.16 Å². The Morgan fingerprint density at radius 2 is 1.79 bits per heavy atom. The van der Waals surface area contributed by atoms with Crippen LogP contribution in [0.2, 0.25) is 0 Å². The Balaban J connectivity index is 1.37. The topological polar surface area (TPSA) is 64.4 Å². The van der Waals surface area contributed by atoms with E-state index in [1.54, 1.807) is 11.8 Å². The predicted octanol–water partition coefficient (Wildman–Crippen LogP) is 5.09. The Kier molecular flexibility index (Phi) is 7.61. The van der Waals surface area contributed by atoms with Gasteiger partial charge < -0.3 is 14.2 Å². The largest absolute Gasteiger partial charge is 0.459 e. The van der Waals surface area contributed by atoms with Crippen molar-refractivity contribution in [3.05, 3.63) is 60.2 Å². The molecule has 0 saturated heterocycles. The lowest BCUT2D eigenvalue weighted by Gasteiger charge is -2.22. The Morgan fingerprint density at radius 3 is 2.50 bits per heavy atom. The highest BCUT2D eigenvalue weighted by Gasteiger charge is 2.32. The molecule has 7 heteroatoms. The number of ether oxygens (including phenoxy) is 1. The third-order valence-corrected chi connectivity index (χ3v) is 6.67. The molecular weight excluding hydrogens is 446 g/mol. The number of esters is 1. The van der Waals surface area contributed by atoms with Gasteiger partial charge in [-0.3, -0.25) is 9.59 Å². The van der Waals surface area contributed by atoms with E-state index in [1.165, 1.54) is 0 Å². The van der Waals surface area contributed by atoms with Crippen LogP contribution in [-0.4, -0.2) is 50.3 Å². The lowest BCUT2D eigenvalue weighted by Crippen LogP contribution is -2.35. The van der Waals surface area contributed by atoms with Gasteiger partial charge in [0.05, 0.1) is 17.5 Å². The summed E-state index contributed by atoms with van der Waals surface area (Å²) in [4.78, 5) is 32.2. The standard InChI is InChI=1S/C27H33N3O3S/c1-27(2,3)33-25(32)19-30-23-13-8-7-12-22(23)28-26(30)34-17-9-16-29(21-14-15-21)24(31)18-20-10-5-4-6-11-20/h4-8,10-13,21H,9,14-19H2,1-3H3. The Labute approximate surface area is 205 Å². The monoisotopic (exact) mass is 479 g/mol. The molecule has 0 atom stereocenters. The number of aromatic nitrogens is 2. The first kappa shape index (κ1) is 24.3. The first-order valence-corrected chi connectivity index (χ1v) is 12.9. The van der Waals surface area contributed by atoms with Crippen LogP contribution < -0.4 is 0 Å². The van der Waals surface area contributed by atoms with Gasteiger partial charge in [-0.2, -0.15) is 0 Å². The van der Waals surface area contributed by atoms with Crippen molar-refractivity contribution in [1.82, 2.24) is 14.5 Å². The van der Waals surface area contributed by atoms with Crippen molar-refractivity contribution in [3.8, 4) is 0 Å². The molecule has 4 rings (SSSR count). The van der Waals surface area contributed by atoms with Crippen molar-refractivity contribution >= 4 is 34.7 Å². The van der Waals surface area contributed by atoms with Crippen LogP contribution in [0.25, 0.3) is 11.0 Å². The highest BCUT2D eigenvalue weighted by molar-refractivity contribution is 7.99. The summed E-state index contributed by atoms with van der Waals surface area (Å²) in [5.41, 5.74) is 2.32. The first-order chi connectivity index (χ1) is 16.3. The maximum atomic E-state index is 12.9. The van der Waals surface area contributed by atoms with Gasteiger partial charge >= 0.3 is 5.97 Å². The van der Waals surface area contributed by atoms with Gasteiger partial charge in [0.25, 0.3) is 0 Å². The molecule has 0 bridgehead atoms. The fraction of sp³-hybridized carbons (Fsp3) is 0.444. The zero-order valence-corrected chi connectivity index (χ0v) is 21.0. The van der Waals surface area contributed by atoms with E-state index in [2.05, 4.69) is 4.90 Å². The summed E-state index contributed by atoms with van der Waals surface area (Å²) in [5.74, 6) is 0.749. The van der Waals surface area contributed by atoms with E-state index in [0.29, 0.717) is 12.5 Å². The van der Waals surface area contributed by atoms with Crippen molar-refractivity contribution in [2.75, 3.05) is 12.3 Å². The van der Waals surface area contributed by atoms with E-state index in [1.807, 2.05) is 79.9 Å². The van der Waals surface area contributed by atoms with E-state index < -0.39 is 5.60 Å². The second-order valence-corrected chi connectivity index (χ2v) is 10.8. The van der Waals surface area contributed by atoms with Crippen LogP contribution in [0.3, 0.4) is 0 Å². The van der Waals surface area contributed by atoms with Crippen LogP contribution in [0.15, 0.2) is 59.8 Å². The molecule has 1 amide bonds.